The minimum Gasteiger partial charge on any atom is -0.493 e. The lowest BCUT2D eigenvalue weighted by molar-refractivity contribution is -0.139. The number of hydrogen-bond acceptors (Lipinski definition) is 7. The number of nitrogens with one attached hydrogen (secondary N) is 1. The van der Waals surface area contributed by atoms with Crippen LogP contribution >= 0.6 is 34.2 Å². The summed E-state index contributed by atoms with van der Waals surface area (Å²) in [6, 6.07) is 9.34. The smallest absolute Gasteiger partial charge is 0.247 e. The van der Waals surface area contributed by atoms with Crippen molar-refractivity contribution in [1.82, 2.24) is 10.2 Å². The van der Waals surface area contributed by atoms with Gasteiger partial charge in [0, 0.05) is 42.1 Å². The first kappa shape index (κ1) is 31.6. The number of aliphatic hydroxyl groups is 2. The summed E-state index contributed by atoms with van der Waals surface area (Å²) in [5.74, 6) is -0.102. The molecule has 3 N–H and O–H groups in total. The van der Waals surface area contributed by atoms with Gasteiger partial charge in [-0.3, -0.25) is 14.4 Å². The highest BCUT2D eigenvalue weighted by molar-refractivity contribution is 14.1. The SMILES string of the molecule is C=CCCC(=O)N(Cc1ccc(Cl)cc1)C1CC(C(=O)NCCO)=CC(Oc2c(I)cc(C=O)cc2OC)C1O. The Bertz CT molecular complexity index is 1250. The number of halogens is 2. The minimum absolute atomic E-state index is 0.0422. The van der Waals surface area contributed by atoms with Crippen LogP contribution in [0.1, 0.15) is 35.2 Å². The highest BCUT2D eigenvalue weighted by Gasteiger charge is 2.40. The maximum Gasteiger partial charge on any atom is 0.247 e. The summed E-state index contributed by atoms with van der Waals surface area (Å²) in [5.41, 5.74) is 1.48. The summed E-state index contributed by atoms with van der Waals surface area (Å²) in [6.45, 7) is 3.67. The second kappa shape index (κ2) is 15.2. The molecule has 40 heavy (non-hydrogen) atoms. The molecule has 0 aliphatic heterocycles. The van der Waals surface area contributed by atoms with Crippen LogP contribution in [0.15, 0.2) is 60.7 Å². The fourth-order valence-corrected chi connectivity index (χ4v) is 5.26. The van der Waals surface area contributed by atoms with E-state index in [2.05, 4.69) is 11.9 Å². The Balaban J connectivity index is 2.04. The van der Waals surface area contributed by atoms with Crippen molar-refractivity contribution in [3.63, 3.8) is 0 Å². The summed E-state index contributed by atoms with van der Waals surface area (Å²) >= 11 is 8.05. The number of amides is 2. The molecule has 214 valence electrons. The Kier molecular flexibility index (Phi) is 12.0. The van der Waals surface area contributed by atoms with Gasteiger partial charge < -0.3 is 29.9 Å². The van der Waals surface area contributed by atoms with Gasteiger partial charge in [-0.15, -0.1) is 6.58 Å². The Hall–Kier alpha value is -2.93. The summed E-state index contributed by atoms with van der Waals surface area (Å²) in [7, 11) is 1.43. The number of carbonyl (C=O) groups is 3. The molecule has 2 amide bonds. The Morgan fingerprint density at radius 2 is 2.00 bits per heavy atom. The number of aldehydes is 1. The van der Waals surface area contributed by atoms with Crippen LogP contribution in [0.2, 0.25) is 5.02 Å². The lowest BCUT2D eigenvalue weighted by Gasteiger charge is -2.40. The van der Waals surface area contributed by atoms with Crippen LogP contribution in [0, 0.1) is 3.57 Å². The quantitative estimate of drug-likeness (QED) is 0.167. The average molecular weight is 683 g/mol. The van der Waals surface area contributed by atoms with E-state index < -0.39 is 24.2 Å². The zero-order chi connectivity index (χ0) is 29.2. The van der Waals surface area contributed by atoms with Crippen LogP contribution in [0.25, 0.3) is 0 Å². The maximum absolute atomic E-state index is 13.4. The van der Waals surface area contributed by atoms with Crippen molar-refractivity contribution in [2.75, 3.05) is 20.3 Å². The van der Waals surface area contributed by atoms with Crippen molar-refractivity contribution in [3.8, 4) is 11.5 Å². The first-order chi connectivity index (χ1) is 19.2. The van der Waals surface area contributed by atoms with Crippen LogP contribution in [0.5, 0.6) is 11.5 Å². The minimum atomic E-state index is -1.22. The molecule has 11 heteroatoms. The number of allylic oxidation sites excluding steroid dienone is 1. The van der Waals surface area contributed by atoms with E-state index in [1.807, 2.05) is 22.6 Å². The predicted molar refractivity (Wildman–Crippen MR) is 160 cm³/mol. The van der Waals surface area contributed by atoms with E-state index in [0.717, 1.165) is 5.56 Å². The van der Waals surface area contributed by atoms with Crippen molar-refractivity contribution < 1.29 is 34.1 Å². The summed E-state index contributed by atoms with van der Waals surface area (Å²) < 4.78 is 12.2. The number of benzene rings is 2. The number of ether oxygens (including phenoxy) is 2. The van der Waals surface area contributed by atoms with E-state index in [-0.39, 0.29) is 49.9 Å². The largest absolute Gasteiger partial charge is 0.493 e. The molecule has 3 unspecified atom stereocenters. The topological polar surface area (TPSA) is 125 Å². The number of carbonyl (C=O) groups excluding carboxylic acids is 3. The van der Waals surface area contributed by atoms with Crippen LogP contribution in [0.3, 0.4) is 0 Å². The standard InChI is InChI=1S/C29H32ClIN2O7/c1-3-4-5-26(36)33(16-18-6-8-21(30)9-7-18)23-14-20(29(38)32-10-11-34)15-24(27(23)37)40-28-22(31)12-19(17-35)13-25(28)39-2/h3,6-9,12-13,15,17,23-24,27,34,37H,1,4-5,10-11,14,16H2,2H3,(H,32,38). The van der Waals surface area contributed by atoms with Gasteiger partial charge in [0.15, 0.2) is 11.5 Å². The van der Waals surface area contributed by atoms with Gasteiger partial charge in [-0.05, 0) is 64.9 Å². The van der Waals surface area contributed by atoms with Crippen LogP contribution in [-0.4, -0.2) is 71.7 Å². The van der Waals surface area contributed by atoms with Gasteiger partial charge in [-0.2, -0.15) is 0 Å². The summed E-state index contributed by atoms with van der Waals surface area (Å²) in [6.07, 6.45) is 2.26. The van der Waals surface area contributed by atoms with Crippen molar-refractivity contribution in [1.29, 1.82) is 0 Å². The Morgan fingerprint density at radius 1 is 1.27 bits per heavy atom. The van der Waals surface area contributed by atoms with Crippen molar-refractivity contribution >= 4 is 52.3 Å². The molecule has 9 nitrogen and oxygen atoms in total. The van der Waals surface area contributed by atoms with Gasteiger partial charge in [-0.1, -0.05) is 29.8 Å². The number of methoxy groups -OCH3 is 1. The second-order valence-corrected chi connectivity index (χ2v) is 10.7. The third-order valence-electron chi connectivity index (χ3n) is 6.41. The molecule has 3 atom stereocenters. The van der Waals surface area contributed by atoms with E-state index in [4.69, 9.17) is 21.1 Å². The number of nitrogens with zero attached hydrogens (tertiary/aromatic N) is 1. The molecule has 0 saturated heterocycles. The molecule has 3 rings (SSSR count). The zero-order valence-electron chi connectivity index (χ0n) is 22.0. The van der Waals surface area contributed by atoms with Crippen LogP contribution in [0.4, 0.5) is 0 Å². The first-order valence-corrected chi connectivity index (χ1v) is 14.1. The molecular formula is C29H32ClIN2O7. The monoisotopic (exact) mass is 682 g/mol. The molecule has 2 aromatic carbocycles. The third-order valence-corrected chi connectivity index (χ3v) is 7.46. The van der Waals surface area contributed by atoms with Gasteiger partial charge in [0.1, 0.15) is 18.5 Å². The Morgan fingerprint density at radius 3 is 2.62 bits per heavy atom. The fourth-order valence-electron chi connectivity index (χ4n) is 4.38. The molecule has 0 saturated carbocycles. The van der Waals surface area contributed by atoms with E-state index in [9.17, 15) is 24.6 Å². The molecule has 0 aromatic heterocycles. The summed E-state index contributed by atoms with van der Waals surface area (Å²) in [4.78, 5) is 39.4. The molecule has 1 aliphatic carbocycles. The normalized spacial score (nSPS) is 18.3. The lowest BCUT2D eigenvalue weighted by Crippen LogP contribution is -2.54. The molecule has 2 aromatic rings. The molecule has 1 aliphatic rings. The van der Waals surface area contributed by atoms with Gasteiger partial charge >= 0.3 is 0 Å². The molecule has 0 bridgehead atoms. The van der Waals surface area contributed by atoms with Crippen molar-refractivity contribution in [3.05, 3.63) is 80.4 Å². The van der Waals surface area contributed by atoms with Crippen molar-refractivity contribution in [2.45, 2.75) is 44.1 Å². The van der Waals surface area contributed by atoms with E-state index in [1.54, 1.807) is 41.3 Å². The predicted octanol–water partition coefficient (Wildman–Crippen LogP) is 3.68. The van der Waals surface area contributed by atoms with Crippen molar-refractivity contribution in [2.24, 2.45) is 0 Å². The molecule has 0 heterocycles. The third kappa shape index (κ3) is 8.06. The van der Waals surface area contributed by atoms with Crippen LogP contribution < -0.4 is 14.8 Å². The van der Waals surface area contributed by atoms with Gasteiger partial charge in [0.25, 0.3) is 0 Å². The number of aliphatic hydroxyl groups excluding tert-OH is 2. The number of rotatable bonds is 13. The van der Waals surface area contributed by atoms with Gasteiger partial charge in [-0.25, -0.2) is 0 Å². The van der Waals surface area contributed by atoms with Crippen LogP contribution in [-0.2, 0) is 16.1 Å². The number of hydrogen-bond donors (Lipinski definition) is 3. The summed E-state index contributed by atoms with van der Waals surface area (Å²) in [5, 5.41) is 24.0. The van der Waals surface area contributed by atoms with E-state index in [0.29, 0.717) is 32.4 Å². The molecular weight excluding hydrogens is 651 g/mol. The highest BCUT2D eigenvalue weighted by Crippen LogP contribution is 2.37. The molecule has 0 spiro atoms. The Labute approximate surface area is 251 Å². The van der Waals surface area contributed by atoms with Gasteiger partial charge in [0.05, 0.1) is 23.3 Å². The van der Waals surface area contributed by atoms with Gasteiger partial charge in [0.2, 0.25) is 11.8 Å². The van der Waals surface area contributed by atoms with E-state index in [1.165, 1.54) is 19.3 Å². The first-order valence-electron chi connectivity index (χ1n) is 12.6. The second-order valence-electron chi connectivity index (χ2n) is 9.14. The maximum atomic E-state index is 13.4. The highest BCUT2D eigenvalue weighted by atomic mass is 127. The lowest BCUT2D eigenvalue weighted by atomic mass is 9.87. The molecule has 0 radical (unpaired) electrons. The molecule has 0 fully saturated rings. The zero-order valence-corrected chi connectivity index (χ0v) is 24.9. The fraction of sp³-hybridized carbons (Fsp3) is 0.345. The average Bonchev–Trinajstić information content (AvgIpc) is 2.96. The van der Waals surface area contributed by atoms with E-state index >= 15 is 0 Å².